The Balaban J connectivity index is 2.36. The number of unbranched alkanes of at least 4 members (excludes halogenated alkanes) is 11. The Kier molecular flexibility index (Phi) is 13.9. The van der Waals surface area contributed by atoms with Gasteiger partial charge in [0.15, 0.2) is 0 Å². The molecule has 0 aromatic heterocycles. The van der Waals surface area contributed by atoms with E-state index in [2.05, 4.69) is 13.8 Å². The van der Waals surface area contributed by atoms with E-state index in [-0.39, 0.29) is 0 Å². The summed E-state index contributed by atoms with van der Waals surface area (Å²) >= 11 is 0. The van der Waals surface area contributed by atoms with E-state index in [0.29, 0.717) is 25.7 Å². The lowest BCUT2D eigenvalue weighted by Gasteiger charge is -2.46. The third-order valence-corrected chi connectivity index (χ3v) is 7.68. The van der Waals surface area contributed by atoms with Crippen molar-refractivity contribution in [1.29, 1.82) is 0 Å². The van der Waals surface area contributed by atoms with Gasteiger partial charge in [0.05, 0.1) is 10.8 Å². The van der Waals surface area contributed by atoms with Crippen molar-refractivity contribution in [2.75, 3.05) is 0 Å². The standard InChI is InChI=1S/C28H50O4/c1-4-5-20-27(25(29)30)22-17-18-23-28(27,26(31)32)21-16-14-12-10-8-6-7-9-11-13-15-19-24(2)3/h17-18,24H,4-16,19-23H2,1-3H3,(H,29,30)(H,31,32). The Morgan fingerprint density at radius 2 is 1.06 bits per heavy atom. The zero-order valence-electron chi connectivity index (χ0n) is 21.2. The lowest BCUT2D eigenvalue weighted by atomic mass is 9.54. The largest absolute Gasteiger partial charge is 0.481 e. The third-order valence-electron chi connectivity index (χ3n) is 7.68. The molecule has 2 unspecified atom stereocenters. The predicted octanol–water partition coefficient (Wildman–Crippen LogP) is 8.40. The summed E-state index contributed by atoms with van der Waals surface area (Å²) in [7, 11) is 0. The van der Waals surface area contributed by atoms with E-state index >= 15 is 0 Å². The van der Waals surface area contributed by atoms with E-state index in [1.54, 1.807) is 0 Å². The molecule has 0 aromatic rings. The third kappa shape index (κ3) is 8.56. The van der Waals surface area contributed by atoms with Gasteiger partial charge in [0.2, 0.25) is 0 Å². The van der Waals surface area contributed by atoms with Crippen LogP contribution in [0.4, 0.5) is 0 Å². The first kappa shape index (κ1) is 28.7. The highest BCUT2D eigenvalue weighted by atomic mass is 16.4. The number of hydrogen-bond donors (Lipinski definition) is 2. The fraction of sp³-hybridized carbons (Fsp3) is 0.857. The molecule has 0 aromatic carbocycles. The van der Waals surface area contributed by atoms with Gasteiger partial charge in [-0.15, -0.1) is 0 Å². The number of allylic oxidation sites excluding steroid dienone is 2. The van der Waals surface area contributed by atoms with Gasteiger partial charge >= 0.3 is 11.9 Å². The predicted molar refractivity (Wildman–Crippen MR) is 133 cm³/mol. The zero-order valence-corrected chi connectivity index (χ0v) is 21.2. The molecule has 32 heavy (non-hydrogen) atoms. The molecule has 0 aliphatic heterocycles. The van der Waals surface area contributed by atoms with E-state index in [4.69, 9.17) is 0 Å². The van der Waals surface area contributed by atoms with Crippen molar-refractivity contribution in [3.05, 3.63) is 12.2 Å². The van der Waals surface area contributed by atoms with Gasteiger partial charge in [0.25, 0.3) is 0 Å². The van der Waals surface area contributed by atoms with Gasteiger partial charge in [0, 0.05) is 0 Å². The molecule has 0 spiro atoms. The average molecular weight is 451 g/mol. The first-order valence-electron chi connectivity index (χ1n) is 13.4. The molecule has 0 radical (unpaired) electrons. The summed E-state index contributed by atoms with van der Waals surface area (Å²) in [4.78, 5) is 24.8. The van der Waals surface area contributed by atoms with Crippen LogP contribution in [0.15, 0.2) is 12.2 Å². The molecule has 0 amide bonds. The molecule has 0 bridgehead atoms. The summed E-state index contributed by atoms with van der Waals surface area (Å²) in [5.41, 5.74) is -2.34. The van der Waals surface area contributed by atoms with Crippen LogP contribution in [0, 0.1) is 16.7 Å². The molecule has 1 rings (SSSR count). The van der Waals surface area contributed by atoms with E-state index in [1.807, 2.05) is 19.1 Å². The Labute approximate surface area is 197 Å². The van der Waals surface area contributed by atoms with Gasteiger partial charge in [-0.3, -0.25) is 9.59 Å². The van der Waals surface area contributed by atoms with Crippen LogP contribution in [0.25, 0.3) is 0 Å². The molecule has 2 atom stereocenters. The van der Waals surface area contributed by atoms with Crippen molar-refractivity contribution < 1.29 is 19.8 Å². The molecule has 186 valence electrons. The number of carbonyl (C=O) groups is 2. The van der Waals surface area contributed by atoms with Crippen LogP contribution in [0.2, 0.25) is 0 Å². The van der Waals surface area contributed by atoms with Crippen molar-refractivity contribution >= 4 is 11.9 Å². The number of hydrogen-bond acceptors (Lipinski definition) is 2. The first-order chi connectivity index (χ1) is 15.3. The second-order valence-electron chi connectivity index (χ2n) is 10.6. The first-order valence-corrected chi connectivity index (χ1v) is 13.4. The molecule has 0 fully saturated rings. The van der Waals surface area contributed by atoms with E-state index in [1.165, 1.54) is 57.8 Å². The maximum Gasteiger partial charge on any atom is 0.311 e. The maximum atomic E-state index is 12.4. The molecule has 0 heterocycles. The topological polar surface area (TPSA) is 74.6 Å². The van der Waals surface area contributed by atoms with Crippen molar-refractivity contribution in [3.63, 3.8) is 0 Å². The van der Waals surface area contributed by atoms with Crippen LogP contribution < -0.4 is 0 Å². The van der Waals surface area contributed by atoms with E-state index in [9.17, 15) is 19.8 Å². The minimum atomic E-state index is -1.17. The minimum absolute atomic E-state index is 0.339. The van der Waals surface area contributed by atoms with Gasteiger partial charge < -0.3 is 10.2 Å². The molecule has 1 aliphatic carbocycles. The van der Waals surface area contributed by atoms with E-state index < -0.39 is 22.8 Å². The summed E-state index contributed by atoms with van der Waals surface area (Å²) in [5.74, 6) is -1.03. The highest BCUT2D eigenvalue weighted by Gasteiger charge is 2.60. The molecule has 2 N–H and O–H groups in total. The van der Waals surface area contributed by atoms with Crippen molar-refractivity contribution in [1.82, 2.24) is 0 Å². The number of rotatable bonds is 19. The van der Waals surface area contributed by atoms with Gasteiger partial charge in [-0.25, -0.2) is 0 Å². The Bertz CT molecular complexity index is 568. The van der Waals surface area contributed by atoms with Crippen LogP contribution in [0.5, 0.6) is 0 Å². The van der Waals surface area contributed by atoms with Crippen molar-refractivity contribution in [2.24, 2.45) is 16.7 Å². The van der Waals surface area contributed by atoms with Crippen LogP contribution in [0.1, 0.15) is 136 Å². The normalized spacial score (nSPS) is 23.0. The monoisotopic (exact) mass is 450 g/mol. The highest BCUT2D eigenvalue weighted by molar-refractivity contribution is 5.87. The quantitative estimate of drug-likeness (QED) is 0.153. The summed E-state index contributed by atoms with van der Waals surface area (Å²) in [6.45, 7) is 6.62. The summed E-state index contributed by atoms with van der Waals surface area (Å²) in [6, 6.07) is 0. The molecular formula is C28H50O4. The SMILES string of the molecule is CCCCC1(C(=O)O)CC=CCC1(CCCCCCCCCCCCCC(C)C)C(=O)O. The summed E-state index contributed by atoms with van der Waals surface area (Å²) in [5, 5.41) is 20.3. The smallest absolute Gasteiger partial charge is 0.311 e. The van der Waals surface area contributed by atoms with Gasteiger partial charge in [-0.2, -0.15) is 0 Å². The Morgan fingerprint density at radius 3 is 1.44 bits per heavy atom. The van der Waals surface area contributed by atoms with Gasteiger partial charge in [0.1, 0.15) is 0 Å². The van der Waals surface area contributed by atoms with E-state index in [0.717, 1.165) is 38.0 Å². The van der Waals surface area contributed by atoms with Gasteiger partial charge in [-0.05, 0) is 31.6 Å². The number of aliphatic carboxylic acids is 2. The maximum absolute atomic E-state index is 12.4. The molecule has 0 saturated heterocycles. The fourth-order valence-electron chi connectivity index (χ4n) is 5.49. The highest BCUT2D eigenvalue weighted by Crippen LogP contribution is 2.55. The molecule has 4 nitrogen and oxygen atoms in total. The van der Waals surface area contributed by atoms with Crippen molar-refractivity contribution in [2.45, 2.75) is 136 Å². The minimum Gasteiger partial charge on any atom is -0.481 e. The Morgan fingerprint density at radius 1 is 0.688 bits per heavy atom. The Hall–Kier alpha value is -1.32. The molecule has 1 aliphatic rings. The zero-order chi connectivity index (χ0) is 23.9. The molecular weight excluding hydrogens is 400 g/mol. The van der Waals surface area contributed by atoms with Crippen LogP contribution in [-0.4, -0.2) is 22.2 Å². The second kappa shape index (κ2) is 15.5. The number of carboxylic acid groups (broad SMARTS) is 2. The number of carboxylic acids is 2. The summed E-state index contributed by atoms with van der Waals surface area (Å²) in [6.07, 6.45) is 21.8. The van der Waals surface area contributed by atoms with Crippen LogP contribution in [0.3, 0.4) is 0 Å². The fourth-order valence-corrected chi connectivity index (χ4v) is 5.49. The summed E-state index contributed by atoms with van der Waals surface area (Å²) < 4.78 is 0. The lowest BCUT2D eigenvalue weighted by Crippen LogP contribution is -2.53. The second-order valence-corrected chi connectivity index (χ2v) is 10.6. The molecule has 4 heteroatoms. The lowest BCUT2D eigenvalue weighted by molar-refractivity contribution is -0.177. The van der Waals surface area contributed by atoms with Crippen molar-refractivity contribution in [3.8, 4) is 0 Å². The molecule has 0 saturated carbocycles. The van der Waals surface area contributed by atoms with Crippen LogP contribution >= 0.6 is 0 Å². The van der Waals surface area contributed by atoms with Gasteiger partial charge in [-0.1, -0.05) is 123 Å². The van der Waals surface area contributed by atoms with Crippen LogP contribution in [-0.2, 0) is 9.59 Å². The average Bonchev–Trinajstić information content (AvgIpc) is 2.75.